The summed E-state index contributed by atoms with van der Waals surface area (Å²) in [6.45, 7) is 2.19. The number of nitrogens with zero attached hydrogens (tertiary/aromatic N) is 1. The molecule has 1 aromatic heterocycles. The van der Waals surface area contributed by atoms with Gasteiger partial charge in [-0.25, -0.2) is 13.6 Å². The van der Waals surface area contributed by atoms with Gasteiger partial charge in [-0.1, -0.05) is 6.07 Å². The molecule has 2 rings (SSSR count). The zero-order valence-electron chi connectivity index (χ0n) is 10.8. The van der Waals surface area contributed by atoms with Crippen molar-refractivity contribution in [3.05, 3.63) is 47.4 Å². The van der Waals surface area contributed by atoms with E-state index < -0.39 is 10.0 Å². The normalized spacial score (nSPS) is 11.1. The van der Waals surface area contributed by atoms with Crippen molar-refractivity contribution in [3.8, 4) is 6.07 Å². The summed E-state index contributed by atoms with van der Waals surface area (Å²) in [5.41, 5.74) is 1.52. The van der Waals surface area contributed by atoms with Crippen molar-refractivity contribution in [1.29, 1.82) is 5.26 Å². The lowest BCUT2D eigenvalue weighted by atomic mass is 10.2. The van der Waals surface area contributed by atoms with Gasteiger partial charge in [0.2, 0.25) is 15.8 Å². The predicted octanol–water partition coefficient (Wildman–Crippen LogP) is 1.72. The van der Waals surface area contributed by atoms with Crippen molar-refractivity contribution in [2.75, 3.05) is 5.32 Å². The minimum atomic E-state index is -3.73. The van der Waals surface area contributed by atoms with Gasteiger partial charge in [0.1, 0.15) is 11.8 Å². The maximum Gasteiger partial charge on any atom is 0.238 e. The standard InChI is InChI=1S/C13H13N3O3S/c1-9-2-5-12(20(15,17)18)6-13(9)16-8-11-4-3-10(7-14)19-11/h2-6,16H,8H2,1H3,(H2,15,17,18). The molecule has 0 aliphatic carbocycles. The summed E-state index contributed by atoms with van der Waals surface area (Å²) in [4.78, 5) is 0.0442. The van der Waals surface area contributed by atoms with E-state index in [1.54, 1.807) is 18.2 Å². The Hall–Kier alpha value is -2.30. The van der Waals surface area contributed by atoms with Crippen molar-refractivity contribution in [2.24, 2.45) is 5.14 Å². The van der Waals surface area contributed by atoms with Crippen LogP contribution >= 0.6 is 0 Å². The molecule has 1 aromatic carbocycles. The van der Waals surface area contributed by atoms with Gasteiger partial charge < -0.3 is 9.73 Å². The lowest BCUT2D eigenvalue weighted by molar-refractivity contribution is 0.506. The molecular formula is C13H13N3O3S. The molecule has 0 fully saturated rings. The van der Waals surface area contributed by atoms with E-state index in [0.29, 0.717) is 18.0 Å². The lowest BCUT2D eigenvalue weighted by Crippen LogP contribution is -2.12. The Bertz CT molecular complexity index is 772. The fourth-order valence-corrected chi connectivity index (χ4v) is 2.22. The van der Waals surface area contributed by atoms with Gasteiger partial charge in [0, 0.05) is 5.69 Å². The molecule has 0 amide bonds. The Kier molecular flexibility index (Phi) is 3.79. The zero-order chi connectivity index (χ0) is 14.8. The van der Waals surface area contributed by atoms with Crippen molar-refractivity contribution in [2.45, 2.75) is 18.4 Å². The Labute approximate surface area is 116 Å². The second kappa shape index (κ2) is 5.36. The second-order valence-electron chi connectivity index (χ2n) is 4.25. The van der Waals surface area contributed by atoms with E-state index in [1.165, 1.54) is 12.1 Å². The molecule has 0 aliphatic heterocycles. The number of rotatable bonds is 4. The number of hydrogen-bond donors (Lipinski definition) is 2. The molecule has 0 spiro atoms. The van der Waals surface area contributed by atoms with Crippen molar-refractivity contribution in [3.63, 3.8) is 0 Å². The molecule has 0 atom stereocenters. The Morgan fingerprint density at radius 3 is 2.70 bits per heavy atom. The highest BCUT2D eigenvalue weighted by Gasteiger charge is 2.10. The molecular weight excluding hydrogens is 278 g/mol. The summed E-state index contributed by atoms with van der Waals surface area (Å²) >= 11 is 0. The first-order valence-electron chi connectivity index (χ1n) is 5.76. The molecule has 0 radical (unpaired) electrons. The van der Waals surface area contributed by atoms with Crippen molar-refractivity contribution in [1.82, 2.24) is 0 Å². The predicted molar refractivity (Wildman–Crippen MR) is 73.3 cm³/mol. The molecule has 2 aromatic rings. The lowest BCUT2D eigenvalue weighted by Gasteiger charge is -2.09. The van der Waals surface area contributed by atoms with E-state index in [-0.39, 0.29) is 10.7 Å². The van der Waals surface area contributed by atoms with Gasteiger partial charge >= 0.3 is 0 Å². The Balaban J connectivity index is 2.19. The summed E-state index contributed by atoms with van der Waals surface area (Å²) in [5, 5.41) is 16.8. The Morgan fingerprint density at radius 1 is 1.35 bits per heavy atom. The van der Waals surface area contributed by atoms with Crippen LogP contribution < -0.4 is 10.5 Å². The summed E-state index contributed by atoms with van der Waals surface area (Å²) < 4.78 is 27.8. The summed E-state index contributed by atoms with van der Waals surface area (Å²) in [6.07, 6.45) is 0. The number of nitrogens with two attached hydrogens (primary N) is 1. The van der Waals surface area contributed by atoms with Crippen LogP contribution in [0.15, 0.2) is 39.6 Å². The first-order valence-corrected chi connectivity index (χ1v) is 7.31. The third-order valence-corrected chi connectivity index (χ3v) is 3.67. The number of anilines is 1. The minimum absolute atomic E-state index is 0.0442. The molecule has 104 valence electrons. The number of hydrogen-bond acceptors (Lipinski definition) is 5. The third kappa shape index (κ3) is 3.17. The molecule has 0 saturated carbocycles. The first kappa shape index (κ1) is 14.1. The first-order chi connectivity index (χ1) is 9.40. The van der Waals surface area contributed by atoms with Crippen LogP contribution in [0.3, 0.4) is 0 Å². The molecule has 0 bridgehead atoms. The third-order valence-electron chi connectivity index (χ3n) is 2.76. The highest BCUT2D eigenvalue weighted by Crippen LogP contribution is 2.20. The average molecular weight is 291 g/mol. The largest absolute Gasteiger partial charge is 0.449 e. The maximum absolute atomic E-state index is 11.3. The van der Waals surface area contributed by atoms with Crippen molar-refractivity contribution < 1.29 is 12.8 Å². The smallest absolute Gasteiger partial charge is 0.238 e. The van der Waals surface area contributed by atoms with E-state index in [1.807, 2.05) is 13.0 Å². The summed E-state index contributed by atoms with van der Waals surface area (Å²) in [6, 6.07) is 9.75. The molecule has 0 saturated heterocycles. The van der Waals surface area contributed by atoms with E-state index in [4.69, 9.17) is 14.8 Å². The van der Waals surface area contributed by atoms with Gasteiger partial charge in [0.05, 0.1) is 11.4 Å². The summed E-state index contributed by atoms with van der Waals surface area (Å²) in [7, 11) is -3.73. The van der Waals surface area contributed by atoms with Crippen LogP contribution in [0.25, 0.3) is 0 Å². The topological polar surface area (TPSA) is 109 Å². The van der Waals surface area contributed by atoms with Gasteiger partial charge in [-0.2, -0.15) is 5.26 Å². The Morgan fingerprint density at radius 2 is 2.10 bits per heavy atom. The van der Waals surface area contributed by atoms with Gasteiger partial charge in [-0.3, -0.25) is 0 Å². The average Bonchev–Trinajstić information content (AvgIpc) is 2.84. The van der Waals surface area contributed by atoms with Crippen LogP contribution in [-0.2, 0) is 16.6 Å². The second-order valence-corrected chi connectivity index (χ2v) is 5.81. The van der Waals surface area contributed by atoms with Crippen LogP contribution in [0.4, 0.5) is 5.69 Å². The fraction of sp³-hybridized carbons (Fsp3) is 0.154. The molecule has 20 heavy (non-hydrogen) atoms. The fourth-order valence-electron chi connectivity index (χ4n) is 1.68. The molecule has 3 N–H and O–H groups in total. The van der Waals surface area contributed by atoms with Gasteiger partial charge in [0.15, 0.2) is 0 Å². The van der Waals surface area contributed by atoms with Crippen LogP contribution in [0.2, 0.25) is 0 Å². The SMILES string of the molecule is Cc1ccc(S(N)(=O)=O)cc1NCc1ccc(C#N)o1. The van der Waals surface area contributed by atoms with Crippen molar-refractivity contribution >= 4 is 15.7 Å². The minimum Gasteiger partial charge on any atom is -0.449 e. The number of sulfonamides is 1. The van der Waals surface area contributed by atoms with Crippen LogP contribution in [0, 0.1) is 18.3 Å². The quantitative estimate of drug-likeness (QED) is 0.891. The number of nitriles is 1. The number of benzene rings is 1. The van der Waals surface area contributed by atoms with Crippen LogP contribution in [0.5, 0.6) is 0 Å². The molecule has 0 unspecified atom stereocenters. The highest BCUT2D eigenvalue weighted by molar-refractivity contribution is 7.89. The molecule has 0 aliphatic rings. The number of primary sulfonamides is 1. The highest BCUT2D eigenvalue weighted by atomic mass is 32.2. The maximum atomic E-state index is 11.3. The van der Waals surface area contributed by atoms with Gasteiger partial charge in [-0.05, 0) is 36.8 Å². The van der Waals surface area contributed by atoms with E-state index in [0.717, 1.165) is 5.56 Å². The van der Waals surface area contributed by atoms with Crippen LogP contribution in [-0.4, -0.2) is 8.42 Å². The number of furan rings is 1. The number of aryl methyl sites for hydroxylation is 1. The van der Waals surface area contributed by atoms with E-state index in [2.05, 4.69) is 5.32 Å². The van der Waals surface area contributed by atoms with Gasteiger partial charge in [-0.15, -0.1) is 0 Å². The molecule has 1 heterocycles. The zero-order valence-corrected chi connectivity index (χ0v) is 11.6. The molecule has 6 nitrogen and oxygen atoms in total. The number of nitrogens with one attached hydrogen (secondary N) is 1. The summed E-state index contributed by atoms with van der Waals surface area (Å²) in [5.74, 6) is 0.818. The van der Waals surface area contributed by atoms with E-state index >= 15 is 0 Å². The monoisotopic (exact) mass is 291 g/mol. The van der Waals surface area contributed by atoms with Crippen LogP contribution in [0.1, 0.15) is 17.1 Å². The molecule has 7 heteroatoms. The van der Waals surface area contributed by atoms with Gasteiger partial charge in [0.25, 0.3) is 0 Å². The van der Waals surface area contributed by atoms with E-state index in [9.17, 15) is 8.42 Å².